The SMILES string of the molecule is NC(N)=Nc1ccc(F)c(F)c1F. The van der Waals surface area contributed by atoms with Gasteiger partial charge in [0.1, 0.15) is 5.69 Å². The predicted octanol–water partition coefficient (Wildman–Crippen LogP) is 1.01. The van der Waals surface area contributed by atoms with Crippen LogP contribution in [0.4, 0.5) is 18.9 Å². The molecule has 0 saturated heterocycles. The van der Waals surface area contributed by atoms with Crippen LogP contribution in [0.3, 0.4) is 0 Å². The van der Waals surface area contributed by atoms with Crippen molar-refractivity contribution in [1.82, 2.24) is 0 Å². The molecule has 0 atom stereocenters. The molecule has 0 unspecified atom stereocenters. The topological polar surface area (TPSA) is 64.4 Å². The monoisotopic (exact) mass is 189 g/mol. The van der Waals surface area contributed by atoms with Gasteiger partial charge in [0.05, 0.1) is 0 Å². The van der Waals surface area contributed by atoms with Gasteiger partial charge >= 0.3 is 0 Å². The summed E-state index contributed by atoms with van der Waals surface area (Å²) >= 11 is 0. The predicted molar refractivity (Wildman–Crippen MR) is 41.8 cm³/mol. The van der Waals surface area contributed by atoms with Crippen molar-refractivity contribution >= 4 is 11.6 Å². The number of hydrogen-bond acceptors (Lipinski definition) is 1. The number of nitrogens with zero attached hydrogens (tertiary/aromatic N) is 1. The Hall–Kier alpha value is -1.72. The van der Waals surface area contributed by atoms with E-state index in [1.807, 2.05) is 0 Å². The number of hydrogen-bond donors (Lipinski definition) is 2. The van der Waals surface area contributed by atoms with Crippen LogP contribution in [-0.2, 0) is 0 Å². The molecule has 0 radical (unpaired) electrons. The molecule has 6 heteroatoms. The first-order chi connectivity index (χ1) is 6.02. The second-order valence-corrected chi connectivity index (χ2v) is 2.23. The van der Waals surface area contributed by atoms with Gasteiger partial charge in [-0.2, -0.15) is 0 Å². The average molecular weight is 189 g/mol. The van der Waals surface area contributed by atoms with E-state index in [0.717, 1.165) is 12.1 Å². The van der Waals surface area contributed by atoms with Gasteiger partial charge in [-0.05, 0) is 12.1 Å². The molecule has 0 spiro atoms. The van der Waals surface area contributed by atoms with Crippen molar-refractivity contribution in [3.63, 3.8) is 0 Å². The number of benzene rings is 1. The summed E-state index contributed by atoms with van der Waals surface area (Å²) in [6.07, 6.45) is 0. The molecule has 1 aromatic rings. The molecule has 70 valence electrons. The summed E-state index contributed by atoms with van der Waals surface area (Å²) < 4.78 is 37.7. The van der Waals surface area contributed by atoms with Gasteiger partial charge in [-0.1, -0.05) is 0 Å². The van der Waals surface area contributed by atoms with Gasteiger partial charge in [-0.25, -0.2) is 18.2 Å². The van der Waals surface area contributed by atoms with Crippen molar-refractivity contribution in [2.45, 2.75) is 0 Å². The fraction of sp³-hybridized carbons (Fsp3) is 0. The minimum absolute atomic E-state index is 0.426. The highest BCUT2D eigenvalue weighted by Gasteiger charge is 2.12. The molecule has 0 fully saturated rings. The van der Waals surface area contributed by atoms with E-state index < -0.39 is 29.1 Å². The van der Waals surface area contributed by atoms with Gasteiger partial charge < -0.3 is 11.5 Å². The standard InChI is InChI=1S/C7H6F3N3/c8-3-1-2-4(13-7(11)12)6(10)5(3)9/h1-2H,(H4,11,12,13). The van der Waals surface area contributed by atoms with Crippen molar-refractivity contribution in [3.8, 4) is 0 Å². The van der Waals surface area contributed by atoms with Crippen molar-refractivity contribution in [1.29, 1.82) is 0 Å². The van der Waals surface area contributed by atoms with Gasteiger partial charge in [0.25, 0.3) is 0 Å². The van der Waals surface area contributed by atoms with Crippen molar-refractivity contribution in [2.75, 3.05) is 0 Å². The van der Waals surface area contributed by atoms with Gasteiger partial charge in [0.15, 0.2) is 23.4 Å². The fourth-order valence-electron chi connectivity index (χ4n) is 0.741. The first kappa shape index (κ1) is 9.37. The Morgan fingerprint density at radius 2 is 1.69 bits per heavy atom. The summed E-state index contributed by atoms with van der Waals surface area (Å²) in [4.78, 5) is 3.25. The summed E-state index contributed by atoms with van der Waals surface area (Å²) in [5, 5.41) is 0. The number of guanidine groups is 1. The molecule has 0 aliphatic rings. The number of nitrogens with two attached hydrogens (primary N) is 2. The minimum Gasteiger partial charge on any atom is -0.370 e. The third kappa shape index (κ3) is 1.90. The maximum atomic E-state index is 12.8. The molecule has 0 bridgehead atoms. The molecule has 0 aliphatic carbocycles. The third-order valence-corrected chi connectivity index (χ3v) is 1.26. The van der Waals surface area contributed by atoms with E-state index in [0.29, 0.717) is 0 Å². The largest absolute Gasteiger partial charge is 0.370 e. The smallest absolute Gasteiger partial charge is 0.196 e. The molecule has 0 aliphatic heterocycles. The number of aliphatic imine (C=N–C) groups is 1. The molecule has 0 saturated carbocycles. The van der Waals surface area contributed by atoms with Crippen LogP contribution < -0.4 is 11.5 Å². The van der Waals surface area contributed by atoms with Crippen molar-refractivity contribution < 1.29 is 13.2 Å². The second kappa shape index (κ2) is 3.34. The van der Waals surface area contributed by atoms with E-state index >= 15 is 0 Å². The third-order valence-electron chi connectivity index (χ3n) is 1.26. The molecule has 1 rings (SSSR count). The van der Waals surface area contributed by atoms with E-state index in [-0.39, 0.29) is 0 Å². The Balaban J connectivity index is 3.26. The molecule has 0 amide bonds. The van der Waals surface area contributed by atoms with Crippen LogP contribution in [0.5, 0.6) is 0 Å². The van der Waals surface area contributed by atoms with E-state index in [1.165, 1.54) is 0 Å². The Morgan fingerprint density at radius 1 is 1.08 bits per heavy atom. The lowest BCUT2D eigenvalue weighted by Gasteiger charge is -1.99. The molecule has 4 N–H and O–H groups in total. The lowest BCUT2D eigenvalue weighted by molar-refractivity contribution is 0.448. The first-order valence-corrected chi connectivity index (χ1v) is 3.25. The lowest BCUT2D eigenvalue weighted by atomic mass is 10.3. The summed E-state index contributed by atoms with van der Waals surface area (Å²) in [6.45, 7) is 0. The zero-order valence-corrected chi connectivity index (χ0v) is 6.39. The lowest BCUT2D eigenvalue weighted by Crippen LogP contribution is -2.22. The summed E-state index contributed by atoms with van der Waals surface area (Å²) in [5.74, 6) is -4.71. The molecule has 13 heavy (non-hydrogen) atoms. The highest BCUT2D eigenvalue weighted by Crippen LogP contribution is 2.21. The normalized spacial score (nSPS) is 9.77. The molecule has 3 nitrogen and oxygen atoms in total. The zero-order chi connectivity index (χ0) is 10.0. The summed E-state index contributed by atoms with van der Waals surface area (Å²) in [6, 6.07) is 1.67. The fourth-order valence-corrected chi connectivity index (χ4v) is 0.741. The number of rotatable bonds is 1. The number of halogens is 3. The highest BCUT2D eigenvalue weighted by molar-refractivity contribution is 5.79. The highest BCUT2D eigenvalue weighted by atomic mass is 19.2. The Bertz CT molecular complexity index is 358. The van der Waals surface area contributed by atoms with E-state index in [1.54, 1.807) is 0 Å². The molecule has 0 aromatic heterocycles. The average Bonchev–Trinajstić information content (AvgIpc) is 2.06. The quantitative estimate of drug-likeness (QED) is 0.393. The van der Waals surface area contributed by atoms with Crippen molar-refractivity contribution in [2.24, 2.45) is 16.5 Å². The van der Waals surface area contributed by atoms with E-state index in [2.05, 4.69) is 4.99 Å². The van der Waals surface area contributed by atoms with E-state index in [9.17, 15) is 13.2 Å². The Kier molecular flexibility index (Phi) is 2.41. The Morgan fingerprint density at radius 3 is 2.23 bits per heavy atom. The van der Waals surface area contributed by atoms with Gasteiger partial charge in [0, 0.05) is 0 Å². The molecule has 1 aromatic carbocycles. The van der Waals surface area contributed by atoms with Gasteiger partial charge in [-0.3, -0.25) is 0 Å². The maximum absolute atomic E-state index is 12.8. The van der Waals surface area contributed by atoms with Crippen LogP contribution in [-0.4, -0.2) is 5.96 Å². The maximum Gasteiger partial charge on any atom is 0.196 e. The molecular formula is C7H6F3N3. The van der Waals surface area contributed by atoms with Crippen LogP contribution in [0.1, 0.15) is 0 Å². The first-order valence-electron chi connectivity index (χ1n) is 3.25. The summed E-state index contributed by atoms with van der Waals surface area (Å²) in [7, 11) is 0. The molecular weight excluding hydrogens is 183 g/mol. The molecule has 0 heterocycles. The summed E-state index contributed by atoms with van der Waals surface area (Å²) in [5.41, 5.74) is 9.42. The van der Waals surface area contributed by atoms with Gasteiger partial charge in [0.2, 0.25) is 0 Å². The van der Waals surface area contributed by atoms with Crippen LogP contribution in [0.2, 0.25) is 0 Å². The van der Waals surface area contributed by atoms with Gasteiger partial charge in [-0.15, -0.1) is 0 Å². The zero-order valence-electron chi connectivity index (χ0n) is 6.39. The Labute approximate surface area is 71.9 Å². The van der Waals surface area contributed by atoms with Crippen LogP contribution in [0.15, 0.2) is 17.1 Å². The van der Waals surface area contributed by atoms with Crippen molar-refractivity contribution in [3.05, 3.63) is 29.6 Å². The van der Waals surface area contributed by atoms with Crippen LogP contribution >= 0.6 is 0 Å². The second-order valence-electron chi connectivity index (χ2n) is 2.23. The van der Waals surface area contributed by atoms with E-state index in [4.69, 9.17) is 11.5 Å². The minimum atomic E-state index is -1.59. The van der Waals surface area contributed by atoms with Crippen LogP contribution in [0, 0.1) is 17.5 Å². The van der Waals surface area contributed by atoms with Crippen LogP contribution in [0.25, 0.3) is 0 Å².